The average Bonchev–Trinajstić information content (AvgIpc) is 2.72. The third-order valence-corrected chi connectivity index (χ3v) is 5.85. The zero-order valence-electron chi connectivity index (χ0n) is 16.7. The number of anilines is 1. The van der Waals surface area contributed by atoms with E-state index in [4.69, 9.17) is 4.74 Å². The summed E-state index contributed by atoms with van der Waals surface area (Å²) in [6, 6.07) is 5.55. The molecule has 9 heteroatoms. The van der Waals surface area contributed by atoms with Crippen molar-refractivity contribution in [2.75, 3.05) is 37.4 Å². The van der Waals surface area contributed by atoms with E-state index in [1.165, 1.54) is 22.5 Å². The number of carbonyl (C=O) groups excluding carboxylic acids is 2. The first-order chi connectivity index (χ1) is 13.9. The second-order valence-electron chi connectivity index (χ2n) is 6.85. The van der Waals surface area contributed by atoms with Crippen molar-refractivity contribution in [3.8, 4) is 0 Å². The number of ether oxygens (including phenoxy) is 1. The smallest absolute Gasteiger partial charge is 0.266 e. The Kier molecular flexibility index (Phi) is 6.71. The molecule has 0 aliphatic carbocycles. The molecule has 2 heterocycles. The molecule has 1 aliphatic heterocycles. The Bertz CT molecular complexity index is 983. The van der Waals surface area contributed by atoms with Crippen LogP contribution in [0.2, 0.25) is 0 Å². The number of benzene rings is 1. The number of thioether (sulfide) groups is 1. The van der Waals surface area contributed by atoms with Gasteiger partial charge in [0, 0.05) is 32.0 Å². The van der Waals surface area contributed by atoms with Crippen molar-refractivity contribution in [2.45, 2.75) is 19.0 Å². The number of hydrogen-bond acceptors (Lipinski definition) is 6. The van der Waals surface area contributed by atoms with Crippen LogP contribution in [0.25, 0.3) is 0 Å². The molecule has 3 rings (SSSR count). The lowest BCUT2D eigenvalue weighted by atomic mass is 10.1. The quantitative estimate of drug-likeness (QED) is 0.588. The van der Waals surface area contributed by atoms with Crippen LogP contribution in [-0.2, 0) is 16.6 Å². The van der Waals surface area contributed by atoms with Gasteiger partial charge in [0.25, 0.3) is 11.5 Å². The third-order valence-electron chi connectivity index (χ3n) is 4.82. The maximum Gasteiger partial charge on any atom is 0.266 e. The summed E-state index contributed by atoms with van der Waals surface area (Å²) in [6.07, 6.45) is 1.26. The van der Waals surface area contributed by atoms with Gasteiger partial charge >= 0.3 is 0 Å². The van der Waals surface area contributed by atoms with Crippen LogP contribution in [0.5, 0.6) is 0 Å². The average molecular weight is 417 g/mol. The van der Waals surface area contributed by atoms with E-state index < -0.39 is 11.5 Å². The third kappa shape index (κ3) is 5.04. The Balaban J connectivity index is 1.68. The van der Waals surface area contributed by atoms with E-state index in [2.05, 4.69) is 10.3 Å². The molecule has 2 amide bonds. The van der Waals surface area contributed by atoms with Gasteiger partial charge < -0.3 is 15.0 Å². The van der Waals surface area contributed by atoms with Crippen LogP contribution < -0.4 is 10.9 Å². The molecule has 0 saturated carbocycles. The molecular formula is C20H24N4O4S. The minimum Gasteiger partial charge on any atom is -0.378 e. The lowest BCUT2D eigenvalue weighted by molar-refractivity contribution is -0.132. The largest absolute Gasteiger partial charge is 0.378 e. The van der Waals surface area contributed by atoms with Gasteiger partial charge in [0.2, 0.25) is 5.91 Å². The van der Waals surface area contributed by atoms with Gasteiger partial charge in [0.1, 0.15) is 5.56 Å². The number of carbonyl (C=O) groups is 2. The van der Waals surface area contributed by atoms with Crippen LogP contribution >= 0.6 is 11.8 Å². The summed E-state index contributed by atoms with van der Waals surface area (Å²) in [6.45, 7) is 6.16. The van der Waals surface area contributed by atoms with E-state index in [1.54, 1.807) is 18.0 Å². The van der Waals surface area contributed by atoms with Gasteiger partial charge in [0.15, 0.2) is 5.16 Å². The van der Waals surface area contributed by atoms with Gasteiger partial charge in [0.05, 0.1) is 19.0 Å². The van der Waals surface area contributed by atoms with Crippen molar-refractivity contribution < 1.29 is 14.3 Å². The first-order valence-electron chi connectivity index (χ1n) is 9.30. The number of nitrogens with zero attached hydrogens (tertiary/aromatic N) is 3. The molecule has 0 atom stereocenters. The number of hydrogen-bond donors (Lipinski definition) is 1. The monoisotopic (exact) mass is 416 g/mol. The van der Waals surface area contributed by atoms with Crippen molar-refractivity contribution >= 4 is 29.3 Å². The second kappa shape index (κ2) is 9.23. The fourth-order valence-electron chi connectivity index (χ4n) is 2.87. The SMILES string of the molecule is Cc1ccc(NC(=O)c2cnc(SCC(=O)N3CCOCC3)n(C)c2=O)cc1C. The van der Waals surface area contributed by atoms with E-state index in [0.717, 1.165) is 11.1 Å². The van der Waals surface area contributed by atoms with Gasteiger partial charge in [-0.05, 0) is 37.1 Å². The van der Waals surface area contributed by atoms with E-state index in [0.29, 0.717) is 37.1 Å². The summed E-state index contributed by atoms with van der Waals surface area (Å²) in [4.78, 5) is 43.4. The highest BCUT2D eigenvalue weighted by Crippen LogP contribution is 2.16. The van der Waals surface area contributed by atoms with E-state index in [9.17, 15) is 14.4 Å². The number of aryl methyl sites for hydroxylation is 2. The fraction of sp³-hybridized carbons (Fsp3) is 0.400. The molecule has 154 valence electrons. The normalized spacial score (nSPS) is 14.0. The first kappa shape index (κ1) is 21.1. The maximum atomic E-state index is 12.6. The molecule has 1 aromatic heterocycles. The van der Waals surface area contributed by atoms with Gasteiger partial charge in [-0.2, -0.15) is 0 Å². The Hall–Kier alpha value is -2.65. The molecule has 1 aliphatic rings. The molecule has 2 aromatic rings. The van der Waals surface area contributed by atoms with Crippen molar-refractivity contribution in [1.82, 2.24) is 14.5 Å². The number of amides is 2. The Labute approximate surface area is 173 Å². The predicted molar refractivity (Wildman–Crippen MR) is 111 cm³/mol. The summed E-state index contributed by atoms with van der Waals surface area (Å²) in [7, 11) is 1.55. The molecule has 0 radical (unpaired) electrons. The van der Waals surface area contributed by atoms with E-state index >= 15 is 0 Å². The minimum absolute atomic E-state index is 0.0240. The highest BCUT2D eigenvalue weighted by atomic mass is 32.2. The highest BCUT2D eigenvalue weighted by Gasteiger charge is 2.19. The van der Waals surface area contributed by atoms with Crippen molar-refractivity contribution in [3.05, 3.63) is 51.4 Å². The lowest BCUT2D eigenvalue weighted by Crippen LogP contribution is -2.41. The zero-order chi connectivity index (χ0) is 21.0. The zero-order valence-corrected chi connectivity index (χ0v) is 17.5. The van der Waals surface area contributed by atoms with Crippen LogP contribution in [0.4, 0.5) is 5.69 Å². The van der Waals surface area contributed by atoms with Gasteiger partial charge in [-0.1, -0.05) is 17.8 Å². The summed E-state index contributed by atoms with van der Waals surface area (Å²) < 4.78 is 6.54. The highest BCUT2D eigenvalue weighted by molar-refractivity contribution is 7.99. The summed E-state index contributed by atoms with van der Waals surface area (Å²) in [5, 5.41) is 3.12. The summed E-state index contributed by atoms with van der Waals surface area (Å²) in [5.41, 5.74) is 2.28. The molecule has 1 N–H and O–H groups in total. The molecule has 0 bridgehead atoms. The van der Waals surface area contributed by atoms with Gasteiger partial charge in [-0.3, -0.25) is 19.0 Å². The second-order valence-corrected chi connectivity index (χ2v) is 7.80. The van der Waals surface area contributed by atoms with Crippen LogP contribution in [0.15, 0.2) is 34.3 Å². The molecule has 8 nitrogen and oxygen atoms in total. The van der Waals surface area contributed by atoms with Gasteiger partial charge in [-0.25, -0.2) is 4.98 Å². The minimum atomic E-state index is -0.512. The fourth-order valence-corrected chi connectivity index (χ4v) is 3.71. The summed E-state index contributed by atoms with van der Waals surface area (Å²) >= 11 is 1.18. The topological polar surface area (TPSA) is 93.5 Å². The number of aromatic nitrogens is 2. The molecule has 29 heavy (non-hydrogen) atoms. The maximum absolute atomic E-state index is 12.6. The van der Waals surface area contributed by atoms with E-state index in [1.807, 2.05) is 26.0 Å². The summed E-state index contributed by atoms with van der Waals surface area (Å²) in [5.74, 6) is -0.361. The molecular weight excluding hydrogens is 392 g/mol. The van der Waals surface area contributed by atoms with Crippen molar-refractivity contribution in [1.29, 1.82) is 0 Å². The van der Waals surface area contributed by atoms with Gasteiger partial charge in [-0.15, -0.1) is 0 Å². The van der Waals surface area contributed by atoms with Crippen LogP contribution in [0, 0.1) is 13.8 Å². The Morgan fingerprint density at radius 1 is 1.21 bits per heavy atom. The molecule has 0 unspecified atom stereocenters. The molecule has 1 aromatic carbocycles. The van der Waals surface area contributed by atoms with Crippen molar-refractivity contribution in [2.24, 2.45) is 7.05 Å². The Morgan fingerprint density at radius 3 is 2.62 bits per heavy atom. The van der Waals surface area contributed by atoms with E-state index in [-0.39, 0.29) is 17.2 Å². The number of morpholine rings is 1. The molecule has 1 saturated heterocycles. The van der Waals surface area contributed by atoms with Crippen LogP contribution in [-0.4, -0.2) is 58.3 Å². The van der Waals surface area contributed by atoms with Crippen molar-refractivity contribution in [3.63, 3.8) is 0 Å². The Morgan fingerprint density at radius 2 is 1.93 bits per heavy atom. The molecule has 0 spiro atoms. The molecule has 1 fully saturated rings. The standard InChI is InChI=1S/C20H24N4O4S/c1-13-4-5-15(10-14(13)2)22-18(26)16-11-21-20(23(3)19(16)27)29-12-17(25)24-6-8-28-9-7-24/h4-5,10-11H,6-9,12H2,1-3H3,(H,22,26). The lowest BCUT2D eigenvalue weighted by Gasteiger charge is -2.26. The first-order valence-corrected chi connectivity index (χ1v) is 10.3. The van der Waals surface area contributed by atoms with Crippen LogP contribution in [0.1, 0.15) is 21.5 Å². The number of nitrogens with one attached hydrogen (secondary N) is 1. The predicted octanol–water partition coefficient (Wildman–Crippen LogP) is 1.60. The van der Waals surface area contributed by atoms with Crippen LogP contribution in [0.3, 0.4) is 0 Å². The number of rotatable bonds is 5.